The van der Waals surface area contributed by atoms with E-state index in [1.54, 1.807) is 0 Å². The normalized spacial score (nSPS) is 20.9. The van der Waals surface area contributed by atoms with Gasteiger partial charge in [0.25, 0.3) is 0 Å². The van der Waals surface area contributed by atoms with E-state index < -0.39 is 12.5 Å². The Bertz CT molecular complexity index is 126. The van der Waals surface area contributed by atoms with Crippen LogP contribution in [0.15, 0.2) is 0 Å². The van der Waals surface area contributed by atoms with Crippen molar-refractivity contribution in [1.29, 1.82) is 0 Å². The van der Waals surface area contributed by atoms with Crippen LogP contribution in [0.1, 0.15) is 6.92 Å². The summed E-state index contributed by atoms with van der Waals surface area (Å²) in [5, 5.41) is 0. The van der Waals surface area contributed by atoms with Crippen LogP contribution in [0.4, 0.5) is 0 Å². The van der Waals surface area contributed by atoms with E-state index in [0.29, 0.717) is 0 Å². The molecule has 3 nitrogen and oxygen atoms in total. The van der Waals surface area contributed by atoms with Gasteiger partial charge in [-0.05, 0) is 6.92 Å². The van der Waals surface area contributed by atoms with E-state index in [9.17, 15) is 4.57 Å². The summed E-state index contributed by atoms with van der Waals surface area (Å²) in [5.74, 6) is 0. The molecule has 0 N–H and O–H groups in total. The summed E-state index contributed by atoms with van der Waals surface area (Å²) in [7, 11) is 1.19. The van der Waals surface area contributed by atoms with Crippen molar-refractivity contribution in [2.75, 3.05) is 7.11 Å². The molecule has 0 saturated carbocycles. The van der Waals surface area contributed by atoms with E-state index in [1.165, 1.54) is 14.0 Å². The lowest BCUT2D eigenvalue weighted by molar-refractivity contribution is 0.238. The van der Waals surface area contributed by atoms with Crippen LogP contribution in [0.5, 0.6) is 0 Å². The van der Waals surface area contributed by atoms with E-state index in [1.807, 2.05) is 0 Å². The van der Waals surface area contributed by atoms with Crippen LogP contribution in [0.2, 0.25) is 0 Å². The fourth-order valence-corrected chi connectivity index (χ4v) is 1.45. The second kappa shape index (κ2) is 3.79. The number of hydrogen-bond acceptors (Lipinski definition) is 3. The third-order valence-electron chi connectivity index (χ3n) is 0.489. The quantitative estimate of drug-likeness (QED) is 0.510. The Kier molecular flexibility index (Phi) is 4.10. The summed E-state index contributed by atoms with van der Waals surface area (Å²) in [6, 6.07) is 0. The molecule has 0 saturated heterocycles. The molecule has 0 aliphatic heterocycles. The highest BCUT2D eigenvalue weighted by molar-refractivity contribution is 7.81. The van der Waals surface area contributed by atoms with Gasteiger partial charge >= 0.3 is 6.95 Å². The Balaban J connectivity index is 3.73. The summed E-state index contributed by atoms with van der Waals surface area (Å²) in [6.07, 6.45) is 0. The zero-order valence-corrected chi connectivity index (χ0v) is 7.41. The molecule has 56 valence electrons. The summed E-state index contributed by atoms with van der Waals surface area (Å²) in [5.41, 5.74) is -0.701. The minimum Gasteiger partial charge on any atom is -0.300 e. The van der Waals surface area contributed by atoms with E-state index in [2.05, 4.69) is 9.05 Å². The first-order valence-corrected chi connectivity index (χ1v) is 5.04. The average molecular weight is 193 g/mol. The molecule has 2 unspecified atom stereocenters. The van der Waals surface area contributed by atoms with Crippen molar-refractivity contribution >= 4 is 29.8 Å². The molecule has 0 aromatic carbocycles. The molecule has 0 radical (unpaired) electrons. The highest BCUT2D eigenvalue weighted by atomic mass is 35.7. The molecule has 0 amide bonds. The van der Waals surface area contributed by atoms with Crippen molar-refractivity contribution in [3.8, 4) is 0 Å². The second-order valence-corrected chi connectivity index (χ2v) is 4.56. The maximum atomic E-state index is 10.6. The standard InChI is InChI=1S/C3H7Cl2O3P/c1-3(4)8-9(5,6)7-2/h3H,1-2H3. The van der Waals surface area contributed by atoms with Crippen LogP contribution < -0.4 is 0 Å². The Labute approximate surface area is 63.6 Å². The van der Waals surface area contributed by atoms with Gasteiger partial charge in [0, 0.05) is 18.4 Å². The minimum absolute atomic E-state index is 0.701. The highest BCUT2D eigenvalue weighted by Gasteiger charge is 2.20. The van der Waals surface area contributed by atoms with Crippen molar-refractivity contribution in [3.05, 3.63) is 0 Å². The highest BCUT2D eigenvalue weighted by Crippen LogP contribution is 2.53. The van der Waals surface area contributed by atoms with Crippen molar-refractivity contribution in [3.63, 3.8) is 0 Å². The van der Waals surface area contributed by atoms with Gasteiger partial charge in [-0.1, -0.05) is 11.6 Å². The van der Waals surface area contributed by atoms with E-state index in [-0.39, 0.29) is 0 Å². The molecular weight excluding hydrogens is 186 g/mol. The van der Waals surface area contributed by atoms with Crippen LogP contribution in [-0.4, -0.2) is 12.7 Å². The molecule has 6 heteroatoms. The Hall–Kier alpha value is 0.730. The Morgan fingerprint density at radius 2 is 2.11 bits per heavy atom. The number of halogens is 2. The van der Waals surface area contributed by atoms with E-state index >= 15 is 0 Å². The van der Waals surface area contributed by atoms with Gasteiger partial charge in [0.2, 0.25) is 0 Å². The van der Waals surface area contributed by atoms with E-state index in [4.69, 9.17) is 22.8 Å². The lowest BCUT2D eigenvalue weighted by Gasteiger charge is -2.08. The molecule has 2 atom stereocenters. The van der Waals surface area contributed by atoms with Crippen molar-refractivity contribution in [2.24, 2.45) is 0 Å². The van der Waals surface area contributed by atoms with Crippen LogP contribution in [0.3, 0.4) is 0 Å². The van der Waals surface area contributed by atoms with Crippen molar-refractivity contribution < 1.29 is 13.6 Å². The van der Waals surface area contributed by atoms with Gasteiger partial charge in [0.15, 0.2) is 0 Å². The summed E-state index contributed by atoms with van der Waals surface area (Å²) >= 11 is 10.4. The maximum Gasteiger partial charge on any atom is 0.425 e. The minimum atomic E-state index is -3.39. The van der Waals surface area contributed by atoms with Gasteiger partial charge in [-0.2, -0.15) is 0 Å². The van der Waals surface area contributed by atoms with Crippen LogP contribution in [-0.2, 0) is 13.6 Å². The van der Waals surface area contributed by atoms with Crippen LogP contribution in [0.25, 0.3) is 0 Å². The maximum absolute atomic E-state index is 10.6. The second-order valence-electron chi connectivity index (χ2n) is 1.26. The molecule has 0 spiro atoms. The van der Waals surface area contributed by atoms with Gasteiger partial charge in [-0.25, -0.2) is 4.57 Å². The number of rotatable bonds is 3. The zero-order chi connectivity index (χ0) is 7.49. The first-order chi connectivity index (χ1) is 3.98. The molecule has 9 heavy (non-hydrogen) atoms. The van der Waals surface area contributed by atoms with Gasteiger partial charge in [-0.3, -0.25) is 4.52 Å². The first kappa shape index (κ1) is 9.73. The van der Waals surface area contributed by atoms with Crippen molar-refractivity contribution in [1.82, 2.24) is 0 Å². The lowest BCUT2D eigenvalue weighted by Crippen LogP contribution is -1.94. The number of alkyl halides is 1. The van der Waals surface area contributed by atoms with Crippen LogP contribution in [0, 0.1) is 0 Å². The van der Waals surface area contributed by atoms with Gasteiger partial charge in [0.1, 0.15) is 5.56 Å². The molecule has 0 fully saturated rings. The SMILES string of the molecule is COP(=O)(Cl)OC(C)Cl. The molecule has 0 aromatic heterocycles. The third-order valence-corrected chi connectivity index (χ3v) is 2.36. The van der Waals surface area contributed by atoms with Gasteiger partial charge in [0.05, 0.1) is 0 Å². The predicted molar refractivity (Wildman–Crippen MR) is 36.9 cm³/mol. The first-order valence-electron chi connectivity index (χ1n) is 2.16. The molecule has 0 aliphatic rings. The van der Waals surface area contributed by atoms with Crippen LogP contribution >= 0.6 is 29.8 Å². The van der Waals surface area contributed by atoms with E-state index in [0.717, 1.165) is 0 Å². The fraction of sp³-hybridized carbons (Fsp3) is 1.00. The zero-order valence-electron chi connectivity index (χ0n) is 5.01. The monoisotopic (exact) mass is 192 g/mol. The summed E-state index contributed by atoms with van der Waals surface area (Å²) in [6.45, 7) is -1.89. The van der Waals surface area contributed by atoms with Crippen molar-refractivity contribution in [2.45, 2.75) is 12.5 Å². The van der Waals surface area contributed by atoms with Gasteiger partial charge in [-0.15, -0.1) is 0 Å². The fourth-order valence-electron chi connectivity index (χ4n) is 0.217. The smallest absolute Gasteiger partial charge is 0.300 e. The molecule has 0 aliphatic carbocycles. The average Bonchev–Trinajstić information content (AvgIpc) is 1.63. The molecular formula is C3H7Cl2O3P. The molecule has 0 rings (SSSR count). The topological polar surface area (TPSA) is 35.5 Å². The molecule has 0 aromatic rings. The predicted octanol–water partition coefficient (Wildman–Crippen LogP) is 2.58. The Morgan fingerprint density at radius 3 is 2.22 bits per heavy atom. The molecule has 0 bridgehead atoms. The van der Waals surface area contributed by atoms with Gasteiger partial charge < -0.3 is 4.52 Å². The summed E-state index contributed by atoms with van der Waals surface area (Å²) < 4.78 is 19.3. The largest absolute Gasteiger partial charge is 0.425 e. The third kappa shape index (κ3) is 5.19. The Morgan fingerprint density at radius 1 is 1.67 bits per heavy atom. The number of hydrogen-bond donors (Lipinski definition) is 0. The molecule has 0 heterocycles. The lowest BCUT2D eigenvalue weighted by atomic mass is 10.9. The summed E-state index contributed by atoms with van der Waals surface area (Å²) in [4.78, 5) is 0.